The highest BCUT2D eigenvalue weighted by atomic mass is 79.9. The van der Waals surface area contributed by atoms with Crippen LogP contribution in [0.1, 0.15) is 28.6 Å². The van der Waals surface area contributed by atoms with Crippen molar-refractivity contribution in [3.8, 4) is 0 Å². The Morgan fingerprint density at radius 2 is 2.38 bits per heavy atom. The fraction of sp³-hybridized carbons (Fsp3) is 0.375. The summed E-state index contributed by atoms with van der Waals surface area (Å²) >= 11 is 5.14. The van der Waals surface area contributed by atoms with Crippen LogP contribution in [0.4, 0.5) is 0 Å². The molecule has 0 spiro atoms. The van der Waals surface area contributed by atoms with Crippen LogP contribution >= 0.6 is 27.3 Å². The minimum absolute atomic E-state index is 0.136. The zero-order valence-corrected chi connectivity index (χ0v) is 14.2. The molecule has 1 aromatic carbocycles. The molecule has 0 saturated heterocycles. The number of nitrogens with zero attached hydrogens (tertiary/aromatic N) is 1. The number of carbonyl (C=O) groups excluding carboxylic acids is 1. The van der Waals surface area contributed by atoms with Crippen molar-refractivity contribution >= 4 is 33.2 Å². The molecular weight excluding hydrogens is 348 g/mol. The monoisotopic (exact) mass is 364 g/mol. The van der Waals surface area contributed by atoms with E-state index in [0.29, 0.717) is 12.5 Å². The summed E-state index contributed by atoms with van der Waals surface area (Å²) in [6.45, 7) is 2.67. The van der Waals surface area contributed by atoms with Crippen molar-refractivity contribution < 1.29 is 4.79 Å². The quantitative estimate of drug-likeness (QED) is 0.878. The molecule has 0 bridgehead atoms. The molecule has 2 unspecified atom stereocenters. The third-order valence-corrected chi connectivity index (χ3v) is 5.23. The van der Waals surface area contributed by atoms with E-state index in [4.69, 9.17) is 0 Å². The molecular formula is C16H17BrN2OS. The minimum Gasteiger partial charge on any atom is -0.355 e. The zero-order valence-electron chi connectivity index (χ0n) is 11.8. The van der Waals surface area contributed by atoms with Crippen LogP contribution in [0.15, 0.2) is 34.1 Å². The number of hydrogen-bond donors (Lipinski definition) is 1. The van der Waals surface area contributed by atoms with Crippen LogP contribution in [0.3, 0.4) is 0 Å². The summed E-state index contributed by atoms with van der Waals surface area (Å²) in [4.78, 5) is 16.5. The van der Waals surface area contributed by atoms with E-state index in [1.165, 1.54) is 5.56 Å². The number of aryl methyl sites for hydroxylation is 1. The summed E-state index contributed by atoms with van der Waals surface area (Å²) in [5.74, 6) is 0.690. The normalized spacial score (nSPS) is 20.3. The molecule has 1 fully saturated rings. The number of amides is 1. The summed E-state index contributed by atoms with van der Waals surface area (Å²) < 4.78 is 1.07. The fourth-order valence-electron chi connectivity index (χ4n) is 2.53. The van der Waals surface area contributed by atoms with Crippen LogP contribution < -0.4 is 5.32 Å². The van der Waals surface area contributed by atoms with Gasteiger partial charge in [0, 0.05) is 34.4 Å². The van der Waals surface area contributed by atoms with E-state index in [1.54, 1.807) is 11.3 Å². The average Bonchev–Trinajstić information content (AvgIpc) is 3.16. The Labute approximate surface area is 136 Å². The van der Waals surface area contributed by atoms with Gasteiger partial charge >= 0.3 is 0 Å². The molecule has 1 aliphatic rings. The van der Waals surface area contributed by atoms with Crippen molar-refractivity contribution in [1.29, 1.82) is 0 Å². The Bertz CT molecular complexity index is 655. The van der Waals surface area contributed by atoms with Gasteiger partial charge in [0.2, 0.25) is 5.91 Å². The lowest BCUT2D eigenvalue weighted by Gasteiger charge is -2.04. The van der Waals surface area contributed by atoms with Crippen LogP contribution in [0.5, 0.6) is 0 Å². The molecule has 1 aromatic heterocycles. The van der Waals surface area contributed by atoms with E-state index >= 15 is 0 Å². The van der Waals surface area contributed by atoms with Gasteiger partial charge in [-0.3, -0.25) is 4.79 Å². The summed E-state index contributed by atoms with van der Waals surface area (Å²) in [5, 5.41) is 6.17. The predicted molar refractivity (Wildman–Crippen MR) is 88.6 cm³/mol. The SMILES string of the molecule is Cc1csc(CCNC(=O)C2CC2c2cccc(Br)c2)n1. The highest BCUT2D eigenvalue weighted by Crippen LogP contribution is 2.47. The zero-order chi connectivity index (χ0) is 14.8. The maximum atomic E-state index is 12.1. The van der Waals surface area contributed by atoms with Crippen LogP contribution in [-0.2, 0) is 11.2 Å². The second kappa shape index (κ2) is 6.28. The van der Waals surface area contributed by atoms with Gasteiger partial charge in [-0.1, -0.05) is 28.1 Å². The molecule has 2 atom stereocenters. The Morgan fingerprint density at radius 1 is 1.52 bits per heavy atom. The first-order valence-electron chi connectivity index (χ1n) is 7.07. The average molecular weight is 365 g/mol. The number of thiazole rings is 1. The van der Waals surface area contributed by atoms with Crippen LogP contribution in [0, 0.1) is 12.8 Å². The third kappa shape index (κ3) is 3.71. The van der Waals surface area contributed by atoms with E-state index in [2.05, 4.69) is 38.4 Å². The molecule has 1 aliphatic carbocycles. The van der Waals surface area contributed by atoms with Crippen molar-refractivity contribution in [2.24, 2.45) is 5.92 Å². The number of carbonyl (C=O) groups is 1. The molecule has 1 heterocycles. The molecule has 2 aromatic rings. The second-order valence-corrected chi connectivity index (χ2v) is 7.29. The van der Waals surface area contributed by atoms with E-state index in [0.717, 1.165) is 28.0 Å². The number of halogens is 1. The van der Waals surface area contributed by atoms with Crippen LogP contribution in [-0.4, -0.2) is 17.4 Å². The molecule has 0 aliphatic heterocycles. The summed E-state index contributed by atoms with van der Waals surface area (Å²) in [7, 11) is 0. The van der Waals surface area contributed by atoms with Crippen LogP contribution in [0.25, 0.3) is 0 Å². The van der Waals surface area contributed by atoms with Gasteiger partial charge in [-0.25, -0.2) is 4.98 Å². The van der Waals surface area contributed by atoms with Crippen molar-refractivity contribution in [3.63, 3.8) is 0 Å². The summed E-state index contributed by atoms with van der Waals surface area (Å²) in [5.41, 5.74) is 2.30. The number of benzene rings is 1. The van der Waals surface area contributed by atoms with Gasteiger partial charge in [-0.15, -0.1) is 11.3 Å². The molecule has 1 N–H and O–H groups in total. The van der Waals surface area contributed by atoms with Crippen molar-refractivity contribution in [1.82, 2.24) is 10.3 Å². The lowest BCUT2D eigenvalue weighted by molar-refractivity contribution is -0.122. The maximum Gasteiger partial charge on any atom is 0.223 e. The number of rotatable bonds is 5. The molecule has 5 heteroatoms. The van der Waals surface area contributed by atoms with Gasteiger partial charge in [0.15, 0.2) is 0 Å². The summed E-state index contributed by atoms with van der Waals surface area (Å²) in [6, 6.07) is 8.24. The highest BCUT2D eigenvalue weighted by Gasteiger charge is 2.43. The maximum absolute atomic E-state index is 12.1. The Hall–Kier alpha value is -1.20. The van der Waals surface area contributed by atoms with E-state index < -0.39 is 0 Å². The summed E-state index contributed by atoms with van der Waals surface area (Å²) in [6.07, 6.45) is 1.77. The second-order valence-electron chi connectivity index (χ2n) is 5.43. The molecule has 0 radical (unpaired) electrons. The topological polar surface area (TPSA) is 42.0 Å². The molecule has 3 nitrogen and oxygen atoms in total. The first-order chi connectivity index (χ1) is 10.1. The number of hydrogen-bond acceptors (Lipinski definition) is 3. The smallest absolute Gasteiger partial charge is 0.223 e. The molecule has 1 saturated carbocycles. The predicted octanol–water partition coefficient (Wildman–Crippen LogP) is 3.68. The van der Waals surface area contributed by atoms with Crippen LogP contribution in [0.2, 0.25) is 0 Å². The largest absolute Gasteiger partial charge is 0.355 e. The lowest BCUT2D eigenvalue weighted by atomic mass is 10.1. The molecule has 1 amide bonds. The van der Waals surface area contributed by atoms with Gasteiger partial charge in [-0.05, 0) is 37.0 Å². The lowest BCUT2D eigenvalue weighted by Crippen LogP contribution is -2.27. The fourth-order valence-corrected chi connectivity index (χ4v) is 3.72. The van der Waals surface area contributed by atoms with Gasteiger partial charge in [-0.2, -0.15) is 0 Å². The van der Waals surface area contributed by atoms with Crippen molar-refractivity contribution in [2.75, 3.05) is 6.54 Å². The Morgan fingerprint density at radius 3 is 3.10 bits per heavy atom. The van der Waals surface area contributed by atoms with Gasteiger partial charge in [0.05, 0.1) is 5.01 Å². The Balaban J connectivity index is 1.47. The van der Waals surface area contributed by atoms with E-state index in [1.807, 2.05) is 24.4 Å². The standard InChI is InChI=1S/C16H17BrN2OS/c1-10-9-21-15(19-10)5-6-18-16(20)14-8-13(14)11-3-2-4-12(17)7-11/h2-4,7,9,13-14H,5-6,8H2,1H3,(H,18,20). The molecule has 21 heavy (non-hydrogen) atoms. The molecule has 110 valence electrons. The van der Waals surface area contributed by atoms with Gasteiger partial charge < -0.3 is 5.32 Å². The van der Waals surface area contributed by atoms with Gasteiger partial charge in [0.25, 0.3) is 0 Å². The Kier molecular flexibility index (Phi) is 4.40. The van der Waals surface area contributed by atoms with E-state index in [9.17, 15) is 4.79 Å². The van der Waals surface area contributed by atoms with Gasteiger partial charge in [0.1, 0.15) is 0 Å². The third-order valence-electron chi connectivity index (χ3n) is 3.71. The van der Waals surface area contributed by atoms with Crippen molar-refractivity contribution in [2.45, 2.75) is 25.7 Å². The minimum atomic E-state index is 0.136. The van der Waals surface area contributed by atoms with E-state index in [-0.39, 0.29) is 11.8 Å². The van der Waals surface area contributed by atoms with Crippen molar-refractivity contribution in [3.05, 3.63) is 50.4 Å². The highest BCUT2D eigenvalue weighted by molar-refractivity contribution is 9.10. The number of nitrogens with one attached hydrogen (secondary N) is 1. The first kappa shape index (κ1) is 14.7. The first-order valence-corrected chi connectivity index (χ1v) is 8.75. The molecule has 3 rings (SSSR count). The number of aromatic nitrogens is 1.